The lowest BCUT2D eigenvalue weighted by molar-refractivity contribution is 0.461. The van der Waals surface area contributed by atoms with E-state index in [1.54, 1.807) is 0 Å². The number of fused-ring (bicyclic) bond motifs is 2. The summed E-state index contributed by atoms with van der Waals surface area (Å²) in [5.41, 5.74) is 0. The number of hydrogen-bond donors (Lipinski definition) is 0. The Labute approximate surface area is 50.3 Å². The summed E-state index contributed by atoms with van der Waals surface area (Å²) in [4.78, 5) is 0. The van der Waals surface area contributed by atoms with E-state index in [4.69, 9.17) is 0 Å². The third kappa shape index (κ3) is 0.545. The molecule has 8 heavy (non-hydrogen) atoms. The zero-order chi connectivity index (χ0) is 5.40. The minimum atomic E-state index is 0.771. The van der Waals surface area contributed by atoms with E-state index in [0.717, 1.165) is 5.92 Å². The average molecular weight is 105 g/mol. The van der Waals surface area contributed by atoms with Gasteiger partial charge in [0.05, 0.1) is 0 Å². The van der Waals surface area contributed by atoms with Crippen molar-refractivity contribution >= 4 is 0 Å². The van der Waals surface area contributed by atoms with Crippen LogP contribution in [0.2, 0.25) is 0 Å². The summed E-state index contributed by atoms with van der Waals surface area (Å²) in [5.74, 6) is 8.69. The molecule has 0 spiro atoms. The largest absolute Gasteiger partial charge is 0.0993 e. The van der Waals surface area contributed by atoms with Gasteiger partial charge in [-0.2, -0.15) is 0 Å². The maximum atomic E-state index is 3.23. The summed E-state index contributed by atoms with van der Waals surface area (Å²) < 4.78 is 0. The van der Waals surface area contributed by atoms with E-state index in [2.05, 4.69) is 11.8 Å². The molecule has 3 aliphatic carbocycles. The van der Waals surface area contributed by atoms with Crippen molar-refractivity contribution in [2.24, 2.45) is 5.92 Å². The van der Waals surface area contributed by atoms with Gasteiger partial charge in [-0.25, -0.2) is 0 Å². The van der Waals surface area contributed by atoms with E-state index in [1.165, 1.54) is 31.6 Å². The van der Waals surface area contributed by atoms with Crippen LogP contribution in [0.3, 0.4) is 0 Å². The molecule has 2 bridgehead atoms. The minimum Gasteiger partial charge on any atom is -0.0993 e. The molecule has 41 valence electrons. The molecule has 0 nitrogen and oxygen atoms in total. The average Bonchev–Trinajstić information content (AvgIpc) is 1.92. The van der Waals surface area contributed by atoms with Gasteiger partial charge in [0.15, 0.2) is 0 Å². The van der Waals surface area contributed by atoms with Crippen LogP contribution >= 0.6 is 0 Å². The fourth-order valence-electron chi connectivity index (χ4n) is 1.44. The highest BCUT2D eigenvalue weighted by Crippen LogP contribution is 2.32. The Hall–Kier alpha value is -0.440. The molecule has 0 saturated heterocycles. The lowest BCUT2D eigenvalue weighted by Crippen LogP contribution is -2.15. The van der Waals surface area contributed by atoms with Crippen LogP contribution < -0.4 is 0 Å². The lowest BCUT2D eigenvalue weighted by atomic mass is 9.78. The van der Waals surface area contributed by atoms with Gasteiger partial charge in [0.2, 0.25) is 0 Å². The first-order chi connectivity index (χ1) is 3.95. The van der Waals surface area contributed by atoms with Crippen LogP contribution in [0.5, 0.6) is 0 Å². The molecule has 1 saturated carbocycles. The molecule has 3 rings (SSSR count). The van der Waals surface area contributed by atoms with Crippen LogP contribution in [-0.4, -0.2) is 0 Å². The van der Waals surface area contributed by atoms with Gasteiger partial charge in [-0.1, -0.05) is 11.8 Å². The minimum absolute atomic E-state index is 0.771. The van der Waals surface area contributed by atoms with E-state index in [1.807, 2.05) is 0 Å². The number of hydrogen-bond acceptors (Lipinski definition) is 0. The van der Waals surface area contributed by atoms with Gasteiger partial charge in [0.1, 0.15) is 0 Å². The molecule has 0 aliphatic heterocycles. The summed E-state index contributed by atoms with van der Waals surface area (Å²) in [6.07, 6.45) is 5.31. The first kappa shape index (κ1) is 4.44. The Morgan fingerprint density at radius 2 is 2.00 bits per heavy atom. The third-order valence-corrected chi connectivity index (χ3v) is 2.04. The van der Waals surface area contributed by atoms with Gasteiger partial charge in [0, 0.05) is 11.8 Å². The second kappa shape index (κ2) is 1.52. The predicted molar refractivity (Wildman–Crippen MR) is 33.0 cm³/mol. The lowest BCUT2D eigenvalue weighted by Gasteiger charge is -2.25. The molecule has 0 amide bonds. The Balaban J connectivity index is 2.27. The topological polar surface area (TPSA) is 0 Å². The van der Waals surface area contributed by atoms with E-state index >= 15 is 0 Å². The molecule has 3 aliphatic rings. The van der Waals surface area contributed by atoms with Gasteiger partial charge in [0.25, 0.3) is 0 Å². The molecular weight excluding hydrogens is 96.1 g/mol. The van der Waals surface area contributed by atoms with Crippen molar-refractivity contribution in [1.82, 2.24) is 0 Å². The van der Waals surface area contributed by atoms with Crippen molar-refractivity contribution in [2.75, 3.05) is 0 Å². The van der Waals surface area contributed by atoms with Crippen LogP contribution in [0.25, 0.3) is 0 Å². The molecule has 1 fully saturated rings. The van der Waals surface area contributed by atoms with Gasteiger partial charge < -0.3 is 0 Å². The zero-order valence-corrected chi connectivity index (χ0v) is 4.91. The fourth-order valence-corrected chi connectivity index (χ4v) is 1.44. The Morgan fingerprint density at radius 1 is 1.25 bits per heavy atom. The maximum absolute atomic E-state index is 3.23. The second-order valence-corrected chi connectivity index (χ2v) is 2.65. The molecule has 0 heteroatoms. The predicted octanol–water partition coefficient (Wildman–Crippen LogP) is 1.77. The summed E-state index contributed by atoms with van der Waals surface area (Å²) in [5, 5.41) is 0. The Bertz CT molecular complexity index is 123. The Morgan fingerprint density at radius 3 is 2.12 bits per heavy atom. The smallest absolute Gasteiger partial charge is 0.0480 e. The maximum Gasteiger partial charge on any atom is 0.0480 e. The molecule has 0 unspecified atom stereocenters. The molecule has 0 aromatic rings. The highest BCUT2D eigenvalue weighted by atomic mass is 14.2. The van der Waals surface area contributed by atoms with Crippen LogP contribution in [-0.2, 0) is 0 Å². The summed E-state index contributed by atoms with van der Waals surface area (Å²) in [7, 11) is 0. The van der Waals surface area contributed by atoms with Crippen molar-refractivity contribution in [3.63, 3.8) is 0 Å². The normalized spacial score (nSPS) is 27.5. The summed E-state index contributed by atoms with van der Waals surface area (Å²) in [6, 6.07) is 0. The molecule has 0 aromatic carbocycles. The molecule has 0 heterocycles. The molecule has 1 radical (unpaired) electrons. The van der Waals surface area contributed by atoms with Crippen molar-refractivity contribution in [3.8, 4) is 11.8 Å². The van der Waals surface area contributed by atoms with Gasteiger partial charge in [-0.15, -0.1) is 0 Å². The van der Waals surface area contributed by atoms with Crippen molar-refractivity contribution < 1.29 is 0 Å². The molecular formula is C8H9. The van der Waals surface area contributed by atoms with Crippen LogP contribution in [0.1, 0.15) is 25.7 Å². The van der Waals surface area contributed by atoms with Crippen molar-refractivity contribution in [1.29, 1.82) is 0 Å². The fraction of sp³-hybridized carbons (Fsp3) is 0.625. The molecule has 0 aromatic heterocycles. The van der Waals surface area contributed by atoms with Crippen molar-refractivity contribution in [3.05, 3.63) is 5.92 Å². The number of rotatable bonds is 0. The second-order valence-electron chi connectivity index (χ2n) is 2.65. The van der Waals surface area contributed by atoms with Gasteiger partial charge >= 0.3 is 0 Å². The first-order valence-corrected chi connectivity index (χ1v) is 3.31. The third-order valence-electron chi connectivity index (χ3n) is 2.04. The monoisotopic (exact) mass is 105 g/mol. The standard InChI is InChI=1S/C8H9/c1-2-8-5-3-7(1)4-6-8/h7H,1-3,5H2. The van der Waals surface area contributed by atoms with E-state index < -0.39 is 0 Å². The van der Waals surface area contributed by atoms with E-state index in [0.29, 0.717) is 0 Å². The van der Waals surface area contributed by atoms with Gasteiger partial charge in [-0.3, -0.25) is 0 Å². The van der Waals surface area contributed by atoms with Crippen molar-refractivity contribution in [2.45, 2.75) is 25.7 Å². The Kier molecular flexibility index (Phi) is 0.842. The SMILES string of the molecule is C1#CC2CC[C]1CC2. The highest BCUT2D eigenvalue weighted by Gasteiger charge is 2.22. The first-order valence-electron chi connectivity index (χ1n) is 3.31. The van der Waals surface area contributed by atoms with E-state index in [-0.39, 0.29) is 0 Å². The highest BCUT2D eigenvalue weighted by molar-refractivity contribution is 5.29. The van der Waals surface area contributed by atoms with E-state index in [9.17, 15) is 0 Å². The van der Waals surface area contributed by atoms with Crippen LogP contribution in [0.15, 0.2) is 0 Å². The quantitative estimate of drug-likeness (QED) is 0.412. The summed E-state index contributed by atoms with van der Waals surface area (Å²) >= 11 is 0. The van der Waals surface area contributed by atoms with Crippen LogP contribution in [0, 0.1) is 23.7 Å². The molecule has 0 N–H and O–H groups in total. The molecule has 0 atom stereocenters. The van der Waals surface area contributed by atoms with Gasteiger partial charge in [-0.05, 0) is 25.7 Å². The zero-order valence-electron chi connectivity index (χ0n) is 4.91. The summed E-state index contributed by atoms with van der Waals surface area (Å²) in [6.45, 7) is 0. The van der Waals surface area contributed by atoms with Crippen LogP contribution in [0.4, 0.5) is 0 Å².